The predicted octanol–water partition coefficient (Wildman–Crippen LogP) is 2.43. The van der Waals surface area contributed by atoms with Crippen LogP contribution in [0.3, 0.4) is 0 Å². The van der Waals surface area contributed by atoms with E-state index in [1.54, 1.807) is 6.08 Å². The number of likely N-dealkylation sites (tertiary alicyclic amines) is 1. The Morgan fingerprint density at radius 1 is 1.19 bits per heavy atom. The molecule has 1 fully saturated rings. The second-order valence-corrected chi connectivity index (χ2v) is 7.08. The number of rotatable bonds is 4. The van der Waals surface area contributed by atoms with E-state index in [0.29, 0.717) is 31.7 Å². The number of aromatic nitrogens is 1. The van der Waals surface area contributed by atoms with Gasteiger partial charge >= 0.3 is 0 Å². The molecule has 2 aliphatic heterocycles. The lowest BCUT2D eigenvalue weighted by Gasteiger charge is -2.37. The average molecular weight is 349 g/mol. The van der Waals surface area contributed by atoms with Crippen LogP contribution in [0.2, 0.25) is 0 Å². The van der Waals surface area contributed by atoms with Gasteiger partial charge < -0.3 is 14.4 Å². The molecule has 2 amide bonds. The van der Waals surface area contributed by atoms with Gasteiger partial charge in [0, 0.05) is 25.8 Å². The van der Waals surface area contributed by atoms with E-state index in [0.717, 1.165) is 11.1 Å². The maximum atomic E-state index is 12.9. The van der Waals surface area contributed by atoms with Crippen LogP contribution >= 0.6 is 0 Å². The second-order valence-electron chi connectivity index (χ2n) is 7.08. The van der Waals surface area contributed by atoms with Crippen LogP contribution in [0.4, 0.5) is 0 Å². The normalized spacial score (nSPS) is 21.5. The smallest absolute Gasteiger partial charge is 0.271 e. The molecular weight excluding hydrogens is 326 g/mol. The van der Waals surface area contributed by atoms with Gasteiger partial charge in [-0.2, -0.15) is 0 Å². The Kier molecular flexibility index (Phi) is 4.15. The number of hydrogen-bond donors (Lipinski definition) is 0. The fraction of sp³-hybridized carbons (Fsp3) is 0.333. The van der Waals surface area contributed by atoms with Gasteiger partial charge in [0.1, 0.15) is 5.69 Å². The standard InChI is InChI=1S/C21H23N3O2/c1-3-10-24-19-14-22(20(25)12-16-8-5-4-7-15(16)2)13-18(19)23-11-6-9-17(23)21(24)26/h3-9,11,18-19H,1,10,12-14H2,2H3/t18-,19+/m0/s1. The Hall–Kier alpha value is -2.82. The van der Waals surface area contributed by atoms with Crippen molar-refractivity contribution in [2.45, 2.75) is 25.4 Å². The first-order chi connectivity index (χ1) is 12.6. The van der Waals surface area contributed by atoms with Crippen LogP contribution in [0.1, 0.15) is 27.7 Å². The monoisotopic (exact) mass is 349 g/mol. The highest BCUT2D eigenvalue weighted by atomic mass is 16.2. The van der Waals surface area contributed by atoms with Crippen molar-refractivity contribution in [1.29, 1.82) is 0 Å². The molecular formula is C21H23N3O2. The Morgan fingerprint density at radius 3 is 2.73 bits per heavy atom. The summed E-state index contributed by atoms with van der Waals surface area (Å²) in [5.74, 6) is 0.137. The number of hydrogen-bond acceptors (Lipinski definition) is 2. The minimum absolute atomic E-state index is 0.00113. The zero-order valence-electron chi connectivity index (χ0n) is 15.0. The molecule has 0 unspecified atom stereocenters. The topological polar surface area (TPSA) is 45.6 Å². The van der Waals surface area contributed by atoms with E-state index >= 15 is 0 Å². The van der Waals surface area contributed by atoms with Crippen LogP contribution in [0, 0.1) is 6.92 Å². The number of fused-ring (bicyclic) bond motifs is 3. The van der Waals surface area contributed by atoms with Crippen molar-refractivity contribution in [2.75, 3.05) is 19.6 Å². The van der Waals surface area contributed by atoms with Gasteiger partial charge in [-0.25, -0.2) is 0 Å². The molecule has 2 atom stereocenters. The van der Waals surface area contributed by atoms with Crippen LogP contribution in [0.15, 0.2) is 55.3 Å². The predicted molar refractivity (Wildman–Crippen MR) is 100.0 cm³/mol. The number of amides is 2. The molecule has 3 heterocycles. The second kappa shape index (κ2) is 6.48. The molecule has 1 saturated heterocycles. The van der Waals surface area contributed by atoms with E-state index in [4.69, 9.17) is 0 Å². The SMILES string of the molecule is C=CCN1C(=O)c2cccn2[C@H]2CN(C(=O)Cc3ccccc3C)C[C@H]21. The van der Waals surface area contributed by atoms with Gasteiger partial charge in [-0.3, -0.25) is 9.59 Å². The fourth-order valence-corrected chi connectivity index (χ4v) is 4.16. The van der Waals surface area contributed by atoms with Gasteiger partial charge in [0.15, 0.2) is 0 Å². The molecule has 0 bridgehead atoms. The molecule has 4 rings (SSSR count). The first kappa shape index (κ1) is 16.6. The molecule has 1 aromatic carbocycles. The molecule has 26 heavy (non-hydrogen) atoms. The van der Waals surface area contributed by atoms with Crippen molar-refractivity contribution in [1.82, 2.24) is 14.4 Å². The molecule has 5 heteroatoms. The highest BCUT2D eigenvalue weighted by molar-refractivity contribution is 5.94. The molecule has 0 radical (unpaired) electrons. The lowest BCUT2D eigenvalue weighted by atomic mass is 10.1. The number of nitrogens with zero attached hydrogens (tertiary/aromatic N) is 3. The summed E-state index contributed by atoms with van der Waals surface area (Å²) in [4.78, 5) is 29.4. The van der Waals surface area contributed by atoms with Gasteiger partial charge in [0.2, 0.25) is 5.91 Å². The lowest BCUT2D eigenvalue weighted by molar-refractivity contribution is -0.129. The van der Waals surface area contributed by atoms with Crippen molar-refractivity contribution >= 4 is 11.8 Å². The van der Waals surface area contributed by atoms with E-state index in [9.17, 15) is 9.59 Å². The first-order valence-corrected chi connectivity index (χ1v) is 9.01. The quantitative estimate of drug-likeness (QED) is 0.796. The molecule has 1 aromatic heterocycles. The lowest BCUT2D eigenvalue weighted by Crippen LogP contribution is -2.50. The maximum Gasteiger partial charge on any atom is 0.271 e. The number of benzene rings is 1. The maximum absolute atomic E-state index is 12.9. The summed E-state index contributed by atoms with van der Waals surface area (Å²) >= 11 is 0. The third kappa shape index (κ3) is 2.64. The molecule has 0 spiro atoms. The molecule has 2 aliphatic rings. The van der Waals surface area contributed by atoms with Crippen LogP contribution in [-0.2, 0) is 11.2 Å². The summed E-state index contributed by atoms with van der Waals surface area (Å²) in [7, 11) is 0. The van der Waals surface area contributed by atoms with E-state index in [1.165, 1.54) is 0 Å². The summed E-state index contributed by atoms with van der Waals surface area (Å²) in [6.07, 6.45) is 4.11. The molecule has 134 valence electrons. The van der Waals surface area contributed by atoms with Crippen LogP contribution in [0.5, 0.6) is 0 Å². The van der Waals surface area contributed by atoms with Crippen molar-refractivity contribution in [3.63, 3.8) is 0 Å². The van der Waals surface area contributed by atoms with Crippen molar-refractivity contribution in [3.05, 3.63) is 72.1 Å². The molecule has 0 N–H and O–H groups in total. The van der Waals surface area contributed by atoms with E-state index in [2.05, 4.69) is 6.58 Å². The zero-order valence-corrected chi connectivity index (χ0v) is 15.0. The van der Waals surface area contributed by atoms with Gasteiger partial charge in [-0.05, 0) is 30.2 Å². The van der Waals surface area contributed by atoms with Crippen LogP contribution in [0.25, 0.3) is 0 Å². The highest BCUT2D eigenvalue weighted by Gasteiger charge is 2.45. The van der Waals surface area contributed by atoms with E-state index < -0.39 is 0 Å². The van der Waals surface area contributed by atoms with Crippen LogP contribution < -0.4 is 0 Å². The summed E-state index contributed by atoms with van der Waals surface area (Å²) in [6.45, 7) is 7.53. The molecule has 5 nitrogen and oxygen atoms in total. The number of carbonyl (C=O) groups is 2. The Morgan fingerprint density at radius 2 is 1.96 bits per heavy atom. The third-order valence-corrected chi connectivity index (χ3v) is 5.56. The van der Waals surface area contributed by atoms with Crippen molar-refractivity contribution in [2.24, 2.45) is 0 Å². The van der Waals surface area contributed by atoms with Crippen molar-refractivity contribution < 1.29 is 9.59 Å². The molecule has 2 aromatic rings. The van der Waals surface area contributed by atoms with Crippen LogP contribution in [-0.4, -0.2) is 51.9 Å². The number of carbonyl (C=O) groups excluding carboxylic acids is 2. The average Bonchev–Trinajstić information content (AvgIpc) is 3.27. The third-order valence-electron chi connectivity index (χ3n) is 5.56. The van der Waals surface area contributed by atoms with Gasteiger partial charge in [0.05, 0.1) is 18.5 Å². The largest absolute Gasteiger partial charge is 0.338 e. The highest BCUT2D eigenvalue weighted by Crippen LogP contribution is 2.34. The summed E-state index contributed by atoms with van der Waals surface area (Å²) in [6, 6.07) is 11.9. The fourth-order valence-electron chi connectivity index (χ4n) is 4.16. The Bertz CT molecular complexity index is 870. The zero-order chi connectivity index (χ0) is 18.3. The summed E-state index contributed by atoms with van der Waals surface area (Å²) in [5, 5.41) is 0. The van der Waals surface area contributed by atoms with Gasteiger partial charge in [-0.1, -0.05) is 30.3 Å². The van der Waals surface area contributed by atoms with Gasteiger partial charge in [0.25, 0.3) is 5.91 Å². The minimum atomic E-state index is 0.00113. The summed E-state index contributed by atoms with van der Waals surface area (Å²) in [5.41, 5.74) is 2.89. The Labute approximate surface area is 153 Å². The summed E-state index contributed by atoms with van der Waals surface area (Å²) < 4.78 is 2.04. The van der Waals surface area contributed by atoms with Gasteiger partial charge in [-0.15, -0.1) is 6.58 Å². The molecule has 0 saturated carbocycles. The van der Waals surface area contributed by atoms with E-state index in [1.807, 2.05) is 63.9 Å². The van der Waals surface area contributed by atoms with E-state index in [-0.39, 0.29) is 23.9 Å². The molecule has 0 aliphatic carbocycles. The first-order valence-electron chi connectivity index (χ1n) is 9.01. The Balaban J connectivity index is 1.58. The number of aryl methyl sites for hydroxylation is 1. The minimum Gasteiger partial charge on any atom is -0.338 e. The van der Waals surface area contributed by atoms with Crippen molar-refractivity contribution in [3.8, 4) is 0 Å².